The van der Waals surface area contributed by atoms with Crippen molar-refractivity contribution in [2.45, 2.75) is 12.8 Å². The topological polar surface area (TPSA) is 145 Å². The Morgan fingerprint density at radius 3 is 2.83 bits per heavy atom. The SMILES string of the molecule is NCCNC(=O)C1CCCN(C(=O)c2cc([N+](=O)[O-])ccc2N)C1. The average Bonchev–Trinajstić information content (AvgIpc) is 2.59. The average molecular weight is 335 g/mol. The van der Waals surface area contributed by atoms with Gasteiger partial charge in [0, 0.05) is 44.0 Å². The summed E-state index contributed by atoms with van der Waals surface area (Å²) in [5.41, 5.74) is 11.2. The number of carbonyl (C=O) groups excluding carboxylic acids is 2. The number of hydrogen-bond donors (Lipinski definition) is 3. The lowest BCUT2D eigenvalue weighted by Gasteiger charge is -2.32. The van der Waals surface area contributed by atoms with E-state index in [0.717, 1.165) is 0 Å². The molecule has 0 aromatic heterocycles. The van der Waals surface area contributed by atoms with Gasteiger partial charge in [0.2, 0.25) is 5.91 Å². The first-order valence-corrected chi connectivity index (χ1v) is 7.75. The number of nitrogen functional groups attached to an aromatic ring is 1. The van der Waals surface area contributed by atoms with Gasteiger partial charge in [0.15, 0.2) is 0 Å². The number of amides is 2. The maximum atomic E-state index is 12.6. The Labute approximate surface area is 139 Å². The van der Waals surface area contributed by atoms with Crippen LogP contribution < -0.4 is 16.8 Å². The quantitative estimate of drug-likeness (QED) is 0.395. The normalized spacial score (nSPS) is 17.4. The Balaban J connectivity index is 2.13. The van der Waals surface area contributed by atoms with Gasteiger partial charge in [-0.2, -0.15) is 0 Å². The van der Waals surface area contributed by atoms with Crippen LogP contribution in [0.25, 0.3) is 0 Å². The van der Waals surface area contributed by atoms with Crippen LogP contribution in [0.3, 0.4) is 0 Å². The molecule has 1 saturated heterocycles. The molecule has 1 atom stereocenters. The van der Waals surface area contributed by atoms with Gasteiger partial charge in [-0.15, -0.1) is 0 Å². The summed E-state index contributed by atoms with van der Waals surface area (Å²) >= 11 is 0. The number of carbonyl (C=O) groups is 2. The summed E-state index contributed by atoms with van der Waals surface area (Å²) < 4.78 is 0. The second-order valence-electron chi connectivity index (χ2n) is 5.70. The maximum Gasteiger partial charge on any atom is 0.270 e. The van der Waals surface area contributed by atoms with Crippen LogP contribution in [0.15, 0.2) is 18.2 Å². The predicted molar refractivity (Wildman–Crippen MR) is 88.2 cm³/mol. The molecule has 1 aliphatic rings. The number of likely N-dealkylation sites (tertiary alicyclic amines) is 1. The molecule has 2 rings (SSSR count). The number of anilines is 1. The van der Waals surface area contributed by atoms with Crippen molar-refractivity contribution in [3.8, 4) is 0 Å². The van der Waals surface area contributed by atoms with Crippen molar-refractivity contribution in [2.75, 3.05) is 31.9 Å². The largest absolute Gasteiger partial charge is 0.398 e. The zero-order valence-corrected chi connectivity index (χ0v) is 13.2. The predicted octanol–water partition coefficient (Wildman–Crippen LogP) is 0.104. The van der Waals surface area contributed by atoms with Crippen LogP contribution in [0.2, 0.25) is 0 Å². The highest BCUT2D eigenvalue weighted by atomic mass is 16.6. The van der Waals surface area contributed by atoms with Crippen LogP contribution in [0.5, 0.6) is 0 Å². The van der Waals surface area contributed by atoms with E-state index < -0.39 is 10.8 Å². The minimum Gasteiger partial charge on any atom is -0.398 e. The number of nitrogens with zero attached hydrogens (tertiary/aromatic N) is 2. The van der Waals surface area contributed by atoms with Gasteiger partial charge < -0.3 is 21.7 Å². The van der Waals surface area contributed by atoms with E-state index in [2.05, 4.69) is 5.32 Å². The third-order valence-corrected chi connectivity index (χ3v) is 4.00. The van der Waals surface area contributed by atoms with Crippen molar-refractivity contribution in [3.63, 3.8) is 0 Å². The second kappa shape index (κ2) is 7.73. The minimum atomic E-state index is -0.574. The molecule has 1 unspecified atom stereocenters. The van der Waals surface area contributed by atoms with Crippen LogP contribution in [0.4, 0.5) is 11.4 Å². The number of nitro benzene ring substituents is 1. The molecular formula is C15H21N5O4. The summed E-state index contributed by atoms with van der Waals surface area (Å²) in [5.74, 6) is -0.841. The van der Waals surface area contributed by atoms with Gasteiger partial charge in [0.1, 0.15) is 0 Å². The van der Waals surface area contributed by atoms with Gasteiger partial charge in [-0.1, -0.05) is 0 Å². The number of benzene rings is 1. The summed E-state index contributed by atoms with van der Waals surface area (Å²) in [5, 5.41) is 13.6. The zero-order valence-electron chi connectivity index (χ0n) is 13.2. The number of nitro groups is 1. The van der Waals surface area contributed by atoms with Crippen molar-refractivity contribution in [1.82, 2.24) is 10.2 Å². The van der Waals surface area contributed by atoms with Crippen molar-refractivity contribution in [1.29, 1.82) is 0 Å². The van der Waals surface area contributed by atoms with E-state index in [-0.39, 0.29) is 35.3 Å². The van der Waals surface area contributed by atoms with E-state index in [1.54, 1.807) is 0 Å². The summed E-state index contributed by atoms with van der Waals surface area (Å²) in [6, 6.07) is 3.78. The monoisotopic (exact) mass is 335 g/mol. The molecule has 1 aliphatic heterocycles. The van der Waals surface area contributed by atoms with E-state index in [1.807, 2.05) is 0 Å². The molecule has 130 valence electrons. The molecule has 1 fully saturated rings. The molecular weight excluding hydrogens is 314 g/mol. The molecule has 0 aliphatic carbocycles. The Morgan fingerprint density at radius 1 is 1.42 bits per heavy atom. The van der Waals surface area contributed by atoms with E-state index in [1.165, 1.54) is 23.1 Å². The molecule has 0 radical (unpaired) electrons. The summed E-state index contributed by atoms with van der Waals surface area (Å²) in [4.78, 5) is 36.5. The fourth-order valence-electron chi connectivity index (χ4n) is 2.73. The number of nitrogens with one attached hydrogen (secondary N) is 1. The highest BCUT2D eigenvalue weighted by molar-refractivity contribution is 6.00. The molecule has 2 amide bonds. The lowest BCUT2D eigenvalue weighted by molar-refractivity contribution is -0.384. The third-order valence-electron chi connectivity index (χ3n) is 4.00. The first-order valence-electron chi connectivity index (χ1n) is 7.75. The van der Waals surface area contributed by atoms with Gasteiger partial charge >= 0.3 is 0 Å². The highest BCUT2D eigenvalue weighted by Gasteiger charge is 2.30. The van der Waals surface area contributed by atoms with Crippen LogP contribution in [-0.4, -0.2) is 47.8 Å². The van der Waals surface area contributed by atoms with Gasteiger partial charge in [-0.05, 0) is 18.9 Å². The minimum absolute atomic E-state index is 0.0900. The van der Waals surface area contributed by atoms with Gasteiger partial charge in [0.25, 0.3) is 11.6 Å². The van der Waals surface area contributed by atoms with Gasteiger partial charge in [-0.3, -0.25) is 19.7 Å². The van der Waals surface area contributed by atoms with Crippen molar-refractivity contribution < 1.29 is 14.5 Å². The first-order chi connectivity index (χ1) is 11.4. The summed E-state index contributed by atoms with van der Waals surface area (Å²) in [6.07, 6.45) is 1.37. The fraction of sp³-hybridized carbons (Fsp3) is 0.467. The number of rotatable bonds is 5. The Morgan fingerprint density at radius 2 is 2.17 bits per heavy atom. The molecule has 1 aromatic rings. The lowest BCUT2D eigenvalue weighted by atomic mass is 9.96. The fourth-order valence-corrected chi connectivity index (χ4v) is 2.73. The molecule has 1 heterocycles. The molecule has 24 heavy (non-hydrogen) atoms. The number of hydrogen-bond acceptors (Lipinski definition) is 6. The summed E-state index contributed by atoms with van der Waals surface area (Å²) in [7, 11) is 0. The van der Waals surface area contributed by atoms with Crippen LogP contribution in [0, 0.1) is 16.0 Å². The summed E-state index contributed by atoms with van der Waals surface area (Å²) in [6.45, 7) is 1.49. The van der Waals surface area contributed by atoms with Crippen molar-refractivity contribution in [2.24, 2.45) is 11.7 Å². The van der Waals surface area contributed by atoms with E-state index in [0.29, 0.717) is 32.5 Å². The van der Waals surface area contributed by atoms with Crippen LogP contribution in [0.1, 0.15) is 23.2 Å². The molecule has 1 aromatic carbocycles. The molecule has 9 nitrogen and oxygen atoms in total. The smallest absolute Gasteiger partial charge is 0.270 e. The number of piperidine rings is 1. The molecule has 0 spiro atoms. The van der Waals surface area contributed by atoms with Crippen molar-refractivity contribution >= 4 is 23.2 Å². The third kappa shape index (κ3) is 3.99. The van der Waals surface area contributed by atoms with Crippen LogP contribution >= 0.6 is 0 Å². The van der Waals surface area contributed by atoms with Gasteiger partial charge in [-0.25, -0.2) is 0 Å². The maximum absolute atomic E-state index is 12.6. The first kappa shape index (κ1) is 17.7. The Hall–Kier alpha value is -2.68. The number of nitrogens with two attached hydrogens (primary N) is 2. The number of non-ortho nitro benzene ring substituents is 1. The standard InChI is InChI=1S/C15H21N5O4/c16-5-6-18-14(21)10-2-1-7-19(9-10)15(22)12-8-11(20(23)24)3-4-13(12)17/h3-4,8,10H,1-2,5-7,9,16-17H2,(H,18,21). The van der Waals surface area contributed by atoms with E-state index >= 15 is 0 Å². The lowest BCUT2D eigenvalue weighted by Crippen LogP contribution is -2.46. The van der Waals surface area contributed by atoms with E-state index in [9.17, 15) is 19.7 Å². The molecule has 0 saturated carbocycles. The van der Waals surface area contributed by atoms with Crippen LogP contribution in [-0.2, 0) is 4.79 Å². The Bertz CT molecular complexity index is 649. The Kier molecular flexibility index (Phi) is 5.69. The van der Waals surface area contributed by atoms with Gasteiger partial charge in [0.05, 0.1) is 16.4 Å². The molecule has 5 N–H and O–H groups in total. The zero-order chi connectivity index (χ0) is 17.7. The van der Waals surface area contributed by atoms with E-state index in [4.69, 9.17) is 11.5 Å². The highest BCUT2D eigenvalue weighted by Crippen LogP contribution is 2.24. The second-order valence-corrected chi connectivity index (χ2v) is 5.70. The molecule has 0 bridgehead atoms. The van der Waals surface area contributed by atoms with Crippen molar-refractivity contribution in [3.05, 3.63) is 33.9 Å². The molecule has 9 heteroatoms.